The van der Waals surface area contributed by atoms with Crippen molar-refractivity contribution in [3.8, 4) is 0 Å². The molecule has 0 atom stereocenters. The first-order valence-corrected chi connectivity index (χ1v) is 13.6. The van der Waals surface area contributed by atoms with Gasteiger partial charge in [-0.3, -0.25) is 9.59 Å². The number of nitrogens with one attached hydrogen (secondary N) is 3. The highest BCUT2D eigenvalue weighted by Gasteiger charge is 2.02. The van der Waals surface area contributed by atoms with Gasteiger partial charge in [-0.1, -0.05) is 75.8 Å². The smallest absolute Gasteiger partial charge is 0.245 e. The van der Waals surface area contributed by atoms with Gasteiger partial charge in [0.05, 0.1) is 19.8 Å². The summed E-state index contributed by atoms with van der Waals surface area (Å²) in [6, 6.07) is 0. The lowest BCUT2D eigenvalue weighted by molar-refractivity contribution is -0.126. The number of hydrogen-bond acceptors (Lipinski definition) is 7. The van der Waals surface area contributed by atoms with Crippen LogP contribution in [-0.2, 0) is 25.5 Å². The molecular formula is C25H48N6O4. The van der Waals surface area contributed by atoms with Crippen molar-refractivity contribution in [3.63, 3.8) is 0 Å². The van der Waals surface area contributed by atoms with Gasteiger partial charge in [0.2, 0.25) is 11.8 Å². The fourth-order valence-corrected chi connectivity index (χ4v) is 3.79. The highest BCUT2D eigenvalue weighted by molar-refractivity contribution is 5.77. The van der Waals surface area contributed by atoms with E-state index >= 15 is 0 Å². The molecule has 35 heavy (non-hydrogen) atoms. The molecule has 1 aromatic rings. The van der Waals surface area contributed by atoms with Crippen molar-refractivity contribution in [1.29, 1.82) is 0 Å². The van der Waals surface area contributed by atoms with E-state index in [1.165, 1.54) is 64.2 Å². The van der Waals surface area contributed by atoms with Gasteiger partial charge in [-0.05, 0) is 19.8 Å². The van der Waals surface area contributed by atoms with Crippen LogP contribution in [0.1, 0.15) is 103 Å². The van der Waals surface area contributed by atoms with Gasteiger partial charge >= 0.3 is 0 Å². The van der Waals surface area contributed by atoms with Gasteiger partial charge in [0, 0.05) is 25.9 Å². The monoisotopic (exact) mass is 496 g/mol. The van der Waals surface area contributed by atoms with Crippen LogP contribution in [-0.4, -0.2) is 72.0 Å². The van der Waals surface area contributed by atoms with E-state index in [-0.39, 0.29) is 18.4 Å². The Bertz CT molecular complexity index is 615. The molecule has 0 saturated carbocycles. The lowest BCUT2D eigenvalue weighted by atomic mass is 10.0. The molecule has 202 valence electrons. The molecule has 0 saturated heterocycles. The van der Waals surface area contributed by atoms with Crippen LogP contribution < -0.4 is 10.6 Å². The number of aryl methyl sites for hydroxylation is 1. The summed E-state index contributed by atoms with van der Waals surface area (Å²) in [5.41, 5.74) is 0. The number of unbranched alkanes of at least 4 members (excludes halogenated alkanes) is 12. The number of ether oxygens (including phenoxy) is 2. The van der Waals surface area contributed by atoms with Gasteiger partial charge in [-0.2, -0.15) is 5.21 Å². The van der Waals surface area contributed by atoms with Crippen LogP contribution in [0.15, 0.2) is 0 Å². The minimum absolute atomic E-state index is 0.0553. The third-order valence-electron chi connectivity index (χ3n) is 5.74. The van der Waals surface area contributed by atoms with Crippen LogP contribution in [0, 0.1) is 0 Å². The topological polar surface area (TPSA) is 131 Å². The highest BCUT2D eigenvalue weighted by atomic mass is 16.5. The molecule has 0 bridgehead atoms. The average Bonchev–Trinajstić information content (AvgIpc) is 3.37. The first-order chi connectivity index (χ1) is 17.2. The molecule has 0 aliphatic carbocycles. The Labute approximate surface area is 211 Å². The predicted molar refractivity (Wildman–Crippen MR) is 136 cm³/mol. The van der Waals surface area contributed by atoms with Crippen molar-refractivity contribution in [2.45, 2.75) is 103 Å². The minimum atomic E-state index is -0.119. The van der Waals surface area contributed by atoms with Crippen molar-refractivity contribution in [3.05, 3.63) is 5.82 Å². The second kappa shape index (κ2) is 23.7. The molecule has 0 aliphatic rings. The zero-order valence-electron chi connectivity index (χ0n) is 21.8. The van der Waals surface area contributed by atoms with Crippen molar-refractivity contribution >= 4 is 11.8 Å². The second-order valence-corrected chi connectivity index (χ2v) is 8.89. The van der Waals surface area contributed by atoms with E-state index in [1.54, 1.807) is 0 Å². The van der Waals surface area contributed by atoms with E-state index in [0.29, 0.717) is 39.3 Å². The maximum absolute atomic E-state index is 11.8. The maximum atomic E-state index is 11.8. The Morgan fingerprint density at radius 3 is 1.94 bits per heavy atom. The molecule has 1 rings (SSSR count). The van der Waals surface area contributed by atoms with Crippen molar-refractivity contribution in [2.24, 2.45) is 0 Å². The molecule has 10 nitrogen and oxygen atoms in total. The number of likely N-dealkylation sites (N-methyl/N-ethyl adjacent to an activating group) is 1. The molecule has 0 aromatic carbocycles. The molecule has 0 radical (unpaired) electrons. The van der Waals surface area contributed by atoms with Crippen LogP contribution in [0.25, 0.3) is 0 Å². The van der Waals surface area contributed by atoms with E-state index < -0.39 is 0 Å². The lowest BCUT2D eigenvalue weighted by Crippen LogP contribution is -2.28. The fraction of sp³-hybridized carbons (Fsp3) is 0.880. The summed E-state index contributed by atoms with van der Waals surface area (Å²) in [7, 11) is 0. The zero-order chi connectivity index (χ0) is 25.2. The van der Waals surface area contributed by atoms with Crippen LogP contribution in [0.3, 0.4) is 0 Å². The Morgan fingerprint density at radius 2 is 1.34 bits per heavy atom. The number of rotatable bonds is 25. The Balaban J connectivity index is 1.71. The van der Waals surface area contributed by atoms with Crippen LogP contribution >= 0.6 is 0 Å². The average molecular weight is 497 g/mol. The summed E-state index contributed by atoms with van der Waals surface area (Å²) >= 11 is 0. The zero-order valence-corrected chi connectivity index (χ0v) is 21.8. The van der Waals surface area contributed by atoms with Gasteiger partial charge in [0.25, 0.3) is 0 Å². The SMILES string of the molecule is CCNC(=O)COCCOCCNC(=O)CCCCCCCCCCCCCCCc1nn[nH]n1. The molecule has 2 amide bonds. The van der Waals surface area contributed by atoms with Crippen molar-refractivity contribution < 1.29 is 19.1 Å². The second-order valence-electron chi connectivity index (χ2n) is 8.89. The summed E-state index contributed by atoms with van der Waals surface area (Å²) < 4.78 is 10.6. The van der Waals surface area contributed by atoms with Crippen LogP contribution in [0.5, 0.6) is 0 Å². The predicted octanol–water partition coefficient (Wildman–Crippen LogP) is 3.49. The van der Waals surface area contributed by atoms with Crippen molar-refractivity contribution in [2.75, 3.05) is 39.5 Å². The standard InChI is InChI=1S/C25H48N6O4/c1-2-26-25(33)22-35-21-20-34-19-18-27-24(32)17-15-13-11-9-7-5-3-4-6-8-10-12-14-16-23-28-30-31-29-23/h2-22H2,1H3,(H,26,33)(H,27,32)(H,28,29,30,31). The van der Waals surface area contributed by atoms with Gasteiger partial charge in [-0.15, -0.1) is 10.2 Å². The number of H-pyrrole nitrogens is 1. The molecular weight excluding hydrogens is 448 g/mol. The molecule has 0 aliphatic heterocycles. The number of carbonyl (C=O) groups is 2. The molecule has 1 aromatic heterocycles. The summed E-state index contributed by atoms with van der Waals surface area (Å²) in [4.78, 5) is 23.0. The summed E-state index contributed by atoms with van der Waals surface area (Å²) in [5.74, 6) is 0.798. The Kier molecular flexibility index (Phi) is 20.9. The summed E-state index contributed by atoms with van der Waals surface area (Å²) in [5, 5.41) is 19.6. The van der Waals surface area contributed by atoms with Gasteiger partial charge in [0.15, 0.2) is 5.82 Å². The largest absolute Gasteiger partial charge is 0.377 e. The molecule has 10 heteroatoms. The van der Waals surface area contributed by atoms with Gasteiger partial charge < -0.3 is 20.1 Å². The van der Waals surface area contributed by atoms with E-state index in [0.717, 1.165) is 31.5 Å². The van der Waals surface area contributed by atoms with Crippen LogP contribution in [0.2, 0.25) is 0 Å². The Morgan fingerprint density at radius 1 is 0.743 bits per heavy atom. The molecule has 0 fully saturated rings. The number of tetrazole rings is 1. The normalized spacial score (nSPS) is 11.0. The summed E-state index contributed by atoms with van der Waals surface area (Å²) in [6.45, 7) is 4.28. The highest BCUT2D eigenvalue weighted by Crippen LogP contribution is 2.13. The number of carbonyl (C=O) groups excluding carboxylic acids is 2. The number of aromatic nitrogens is 4. The first kappa shape index (κ1) is 31.0. The third kappa shape index (κ3) is 21.0. The van der Waals surface area contributed by atoms with Gasteiger partial charge in [-0.25, -0.2) is 0 Å². The number of nitrogens with zero attached hydrogens (tertiary/aromatic N) is 3. The van der Waals surface area contributed by atoms with Crippen LogP contribution in [0.4, 0.5) is 0 Å². The molecule has 1 heterocycles. The Hall–Kier alpha value is -2.07. The number of amides is 2. The number of aromatic amines is 1. The van der Waals surface area contributed by atoms with E-state index in [1.807, 2.05) is 6.92 Å². The van der Waals surface area contributed by atoms with Gasteiger partial charge in [0.1, 0.15) is 6.61 Å². The molecule has 3 N–H and O–H groups in total. The maximum Gasteiger partial charge on any atom is 0.245 e. The van der Waals surface area contributed by atoms with E-state index in [4.69, 9.17) is 9.47 Å². The van der Waals surface area contributed by atoms with E-state index in [2.05, 4.69) is 31.3 Å². The molecule has 0 unspecified atom stereocenters. The minimum Gasteiger partial charge on any atom is -0.377 e. The lowest BCUT2D eigenvalue weighted by Gasteiger charge is -2.07. The van der Waals surface area contributed by atoms with Crippen molar-refractivity contribution in [1.82, 2.24) is 31.3 Å². The molecule has 0 spiro atoms. The van der Waals surface area contributed by atoms with E-state index in [9.17, 15) is 9.59 Å². The quantitative estimate of drug-likeness (QED) is 0.177. The third-order valence-corrected chi connectivity index (χ3v) is 5.74. The fourth-order valence-electron chi connectivity index (χ4n) is 3.79. The first-order valence-electron chi connectivity index (χ1n) is 13.6. The summed E-state index contributed by atoms with van der Waals surface area (Å²) in [6.07, 6.45) is 17.8. The number of hydrogen-bond donors (Lipinski definition) is 3.